The minimum absolute atomic E-state index is 0.172. The summed E-state index contributed by atoms with van der Waals surface area (Å²) in [7, 11) is 0. The van der Waals surface area contributed by atoms with Gasteiger partial charge in [-0.1, -0.05) is 18.2 Å². The van der Waals surface area contributed by atoms with E-state index in [0.29, 0.717) is 6.61 Å². The molecule has 3 nitrogen and oxygen atoms in total. The number of rotatable bonds is 4. The number of carbonyl (C=O) groups is 1. The third-order valence-corrected chi connectivity index (χ3v) is 3.50. The van der Waals surface area contributed by atoms with Crippen LogP contribution in [0, 0.1) is 13.8 Å². The molecule has 0 atom stereocenters. The molecular weight excluding hydrogens is 238 g/mol. The Kier molecular flexibility index (Phi) is 4.25. The topological polar surface area (TPSA) is 38.3 Å². The Hall–Kier alpha value is -1.77. The number of aryl methyl sites for hydroxylation is 2. The molecule has 0 aliphatic heterocycles. The van der Waals surface area contributed by atoms with E-state index in [2.05, 4.69) is 31.3 Å². The van der Waals surface area contributed by atoms with Crippen molar-refractivity contribution in [2.24, 2.45) is 0 Å². The van der Waals surface area contributed by atoms with Crippen LogP contribution >= 0.6 is 0 Å². The highest BCUT2D eigenvalue weighted by atomic mass is 16.5. The summed E-state index contributed by atoms with van der Waals surface area (Å²) in [6.07, 6.45) is 2.75. The molecule has 2 rings (SSSR count). The van der Waals surface area contributed by atoms with Crippen LogP contribution in [0.4, 0.5) is 5.69 Å². The lowest BCUT2D eigenvalue weighted by Gasteiger charge is -2.15. The Bertz CT molecular complexity index is 497. The van der Waals surface area contributed by atoms with E-state index in [-0.39, 0.29) is 5.97 Å². The van der Waals surface area contributed by atoms with Gasteiger partial charge in [-0.2, -0.15) is 0 Å². The number of para-hydroxylation sites is 1. The van der Waals surface area contributed by atoms with Gasteiger partial charge in [-0.05, 0) is 51.2 Å². The number of hydrogen-bond acceptors (Lipinski definition) is 3. The molecule has 0 saturated carbocycles. The molecule has 0 bridgehead atoms. The molecule has 0 unspecified atom stereocenters. The molecule has 0 fully saturated rings. The maximum atomic E-state index is 11.9. The summed E-state index contributed by atoms with van der Waals surface area (Å²) in [5.74, 6) is -0.172. The van der Waals surface area contributed by atoms with Crippen LogP contribution in [-0.4, -0.2) is 12.6 Å². The van der Waals surface area contributed by atoms with Gasteiger partial charge < -0.3 is 10.1 Å². The van der Waals surface area contributed by atoms with E-state index in [1.165, 1.54) is 11.1 Å². The number of benzene rings is 1. The zero-order valence-electron chi connectivity index (χ0n) is 11.9. The molecule has 1 aromatic carbocycles. The Morgan fingerprint density at radius 2 is 1.95 bits per heavy atom. The van der Waals surface area contributed by atoms with Crippen LogP contribution in [-0.2, 0) is 9.53 Å². The fourth-order valence-corrected chi connectivity index (χ4v) is 2.49. The van der Waals surface area contributed by atoms with Crippen LogP contribution in [0.5, 0.6) is 0 Å². The standard InChI is InChI=1S/C16H21NO2/c1-4-19-16(18)13-9-6-10-14(13)17-15-11(2)7-5-8-12(15)3/h5,7-8,17H,4,6,9-10H2,1-3H3. The van der Waals surface area contributed by atoms with Gasteiger partial charge in [-0.3, -0.25) is 0 Å². The zero-order chi connectivity index (χ0) is 13.8. The van der Waals surface area contributed by atoms with Gasteiger partial charge in [-0.25, -0.2) is 4.79 Å². The highest BCUT2D eigenvalue weighted by molar-refractivity contribution is 5.90. The molecule has 1 N–H and O–H groups in total. The predicted octanol–water partition coefficient (Wildman–Crippen LogP) is 3.72. The van der Waals surface area contributed by atoms with Gasteiger partial charge >= 0.3 is 5.97 Å². The van der Waals surface area contributed by atoms with E-state index in [4.69, 9.17) is 4.74 Å². The minimum Gasteiger partial charge on any atom is -0.463 e. The van der Waals surface area contributed by atoms with E-state index in [9.17, 15) is 4.79 Å². The zero-order valence-corrected chi connectivity index (χ0v) is 11.9. The fraction of sp³-hybridized carbons (Fsp3) is 0.438. The molecule has 0 amide bonds. The Morgan fingerprint density at radius 1 is 1.26 bits per heavy atom. The molecule has 0 spiro atoms. The first-order valence-electron chi connectivity index (χ1n) is 6.86. The number of ether oxygens (including phenoxy) is 1. The maximum Gasteiger partial charge on any atom is 0.335 e. The van der Waals surface area contributed by atoms with E-state index < -0.39 is 0 Å². The van der Waals surface area contributed by atoms with Crippen molar-refractivity contribution in [1.82, 2.24) is 0 Å². The Labute approximate surface area is 114 Å². The van der Waals surface area contributed by atoms with Crippen LogP contribution in [0.3, 0.4) is 0 Å². The maximum absolute atomic E-state index is 11.9. The van der Waals surface area contributed by atoms with Gasteiger partial charge in [0.25, 0.3) is 0 Å². The number of allylic oxidation sites excluding steroid dienone is 1. The van der Waals surface area contributed by atoms with Crippen molar-refractivity contribution in [3.8, 4) is 0 Å². The number of hydrogen-bond donors (Lipinski definition) is 1. The van der Waals surface area contributed by atoms with E-state index in [1.54, 1.807) is 0 Å². The summed E-state index contributed by atoms with van der Waals surface area (Å²) in [5.41, 5.74) is 5.34. The summed E-state index contributed by atoms with van der Waals surface area (Å²) in [6.45, 7) is 6.43. The summed E-state index contributed by atoms with van der Waals surface area (Å²) < 4.78 is 5.12. The summed E-state index contributed by atoms with van der Waals surface area (Å²) in [6, 6.07) is 6.20. The summed E-state index contributed by atoms with van der Waals surface area (Å²) in [5, 5.41) is 3.45. The molecule has 102 valence electrons. The fourth-order valence-electron chi connectivity index (χ4n) is 2.49. The lowest BCUT2D eigenvalue weighted by molar-refractivity contribution is -0.138. The molecule has 1 aromatic rings. The van der Waals surface area contributed by atoms with Crippen molar-refractivity contribution in [3.63, 3.8) is 0 Å². The summed E-state index contributed by atoms with van der Waals surface area (Å²) in [4.78, 5) is 11.9. The third-order valence-electron chi connectivity index (χ3n) is 3.50. The van der Waals surface area contributed by atoms with Crippen molar-refractivity contribution < 1.29 is 9.53 Å². The number of esters is 1. The van der Waals surface area contributed by atoms with Crippen molar-refractivity contribution in [2.45, 2.75) is 40.0 Å². The SMILES string of the molecule is CCOC(=O)C1=C(Nc2c(C)cccc2C)CCC1. The first-order valence-corrected chi connectivity index (χ1v) is 6.86. The van der Waals surface area contributed by atoms with Crippen molar-refractivity contribution in [1.29, 1.82) is 0 Å². The van der Waals surface area contributed by atoms with Crippen LogP contribution in [0.2, 0.25) is 0 Å². The van der Waals surface area contributed by atoms with Gasteiger partial charge in [-0.15, -0.1) is 0 Å². The average Bonchev–Trinajstić information content (AvgIpc) is 2.82. The lowest BCUT2D eigenvalue weighted by atomic mass is 10.1. The van der Waals surface area contributed by atoms with Crippen molar-refractivity contribution in [2.75, 3.05) is 11.9 Å². The Balaban J connectivity index is 2.26. The normalized spacial score (nSPS) is 14.7. The first-order chi connectivity index (χ1) is 9.13. The van der Waals surface area contributed by atoms with Crippen LogP contribution in [0.25, 0.3) is 0 Å². The molecule has 0 heterocycles. The predicted molar refractivity (Wildman–Crippen MR) is 77.0 cm³/mol. The molecule has 0 aromatic heterocycles. The van der Waals surface area contributed by atoms with Gasteiger partial charge in [0.15, 0.2) is 0 Å². The minimum atomic E-state index is -0.172. The number of anilines is 1. The Morgan fingerprint density at radius 3 is 2.58 bits per heavy atom. The van der Waals surface area contributed by atoms with Gasteiger partial charge in [0.05, 0.1) is 12.2 Å². The highest BCUT2D eigenvalue weighted by Gasteiger charge is 2.22. The van der Waals surface area contributed by atoms with Gasteiger partial charge in [0.2, 0.25) is 0 Å². The summed E-state index contributed by atoms with van der Waals surface area (Å²) >= 11 is 0. The molecule has 1 aliphatic carbocycles. The first kappa shape index (κ1) is 13.7. The molecule has 3 heteroatoms. The largest absolute Gasteiger partial charge is 0.463 e. The molecule has 1 aliphatic rings. The van der Waals surface area contributed by atoms with Gasteiger partial charge in [0.1, 0.15) is 0 Å². The number of carbonyl (C=O) groups excluding carboxylic acids is 1. The second-order valence-corrected chi connectivity index (χ2v) is 4.92. The molecule has 0 radical (unpaired) electrons. The lowest BCUT2D eigenvalue weighted by Crippen LogP contribution is -2.11. The average molecular weight is 259 g/mol. The van der Waals surface area contributed by atoms with E-state index in [1.807, 2.05) is 13.0 Å². The third kappa shape index (κ3) is 2.98. The van der Waals surface area contributed by atoms with E-state index in [0.717, 1.165) is 36.2 Å². The van der Waals surface area contributed by atoms with Crippen molar-refractivity contribution in [3.05, 3.63) is 40.6 Å². The second-order valence-electron chi connectivity index (χ2n) is 4.92. The second kappa shape index (κ2) is 5.91. The monoisotopic (exact) mass is 259 g/mol. The van der Waals surface area contributed by atoms with Gasteiger partial charge in [0, 0.05) is 11.4 Å². The highest BCUT2D eigenvalue weighted by Crippen LogP contribution is 2.30. The van der Waals surface area contributed by atoms with Crippen molar-refractivity contribution >= 4 is 11.7 Å². The van der Waals surface area contributed by atoms with Crippen LogP contribution in [0.15, 0.2) is 29.5 Å². The molecule has 0 saturated heterocycles. The molecule has 19 heavy (non-hydrogen) atoms. The van der Waals surface area contributed by atoms with Crippen LogP contribution in [0.1, 0.15) is 37.3 Å². The quantitative estimate of drug-likeness (QED) is 0.838. The van der Waals surface area contributed by atoms with E-state index >= 15 is 0 Å². The smallest absolute Gasteiger partial charge is 0.335 e. The molecular formula is C16H21NO2. The van der Waals surface area contributed by atoms with Crippen LogP contribution < -0.4 is 5.32 Å². The number of nitrogens with one attached hydrogen (secondary N) is 1.